The van der Waals surface area contributed by atoms with E-state index in [-0.39, 0.29) is 36.1 Å². The summed E-state index contributed by atoms with van der Waals surface area (Å²) in [7, 11) is 0. The van der Waals surface area contributed by atoms with Gasteiger partial charge in [-0.1, -0.05) is 12.1 Å². The van der Waals surface area contributed by atoms with Gasteiger partial charge in [-0.3, -0.25) is 4.99 Å². The van der Waals surface area contributed by atoms with Crippen molar-refractivity contribution < 1.29 is 9.53 Å². The third-order valence-electron chi connectivity index (χ3n) is 4.89. The molecule has 1 aliphatic rings. The molecule has 0 bridgehead atoms. The van der Waals surface area contributed by atoms with E-state index >= 15 is 0 Å². The van der Waals surface area contributed by atoms with E-state index in [9.17, 15) is 4.79 Å². The lowest BCUT2D eigenvalue weighted by molar-refractivity contribution is 0.0507. The number of nitrogens with zero attached hydrogens (tertiary/aromatic N) is 4. The van der Waals surface area contributed by atoms with Gasteiger partial charge in [0.05, 0.1) is 23.4 Å². The van der Waals surface area contributed by atoms with Crippen molar-refractivity contribution in [2.45, 2.75) is 58.7 Å². The highest BCUT2D eigenvalue weighted by Gasteiger charge is 2.27. The summed E-state index contributed by atoms with van der Waals surface area (Å²) in [6, 6.07) is 8.24. The fourth-order valence-corrected chi connectivity index (χ4v) is 3.58. The number of aliphatic imine (C=N–C) groups is 1. The first-order valence-electron chi connectivity index (χ1n) is 10.8. The minimum atomic E-state index is -0.487. The molecule has 1 aromatic heterocycles. The van der Waals surface area contributed by atoms with Crippen LogP contribution in [0.15, 0.2) is 35.6 Å². The van der Waals surface area contributed by atoms with E-state index < -0.39 is 5.60 Å². The number of benzene rings is 1. The van der Waals surface area contributed by atoms with Gasteiger partial charge in [-0.2, -0.15) is 0 Å². The average Bonchev–Trinajstić information content (AvgIpc) is 3.30. The molecule has 1 amide bonds. The van der Waals surface area contributed by atoms with Gasteiger partial charge in [0, 0.05) is 32.7 Å². The molecule has 172 valence electrons. The summed E-state index contributed by atoms with van der Waals surface area (Å²) in [6.07, 6.45) is 3.35. The zero-order chi connectivity index (χ0) is 21.6. The number of rotatable bonds is 6. The number of aromatic nitrogens is 2. The standard InChI is InChI=1S/C22H34N6O2.HI/c1-5-23-20(27-14-11-17(15-27)26-21(29)30-22(2,3)4)24-12-8-13-28-16-25-18-9-6-7-10-19(18)28;/h6-7,9-10,16-17H,5,8,11-15H2,1-4H3,(H,23,24)(H,26,29);1H. The molecule has 0 spiro atoms. The van der Waals surface area contributed by atoms with Gasteiger partial charge in [0.25, 0.3) is 0 Å². The normalized spacial score (nSPS) is 16.8. The summed E-state index contributed by atoms with van der Waals surface area (Å²) in [5, 5.41) is 6.34. The first kappa shape index (κ1) is 25.2. The Morgan fingerprint density at radius 2 is 2.10 bits per heavy atom. The topological polar surface area (TPSA) is 83.8 Å². The van der Waals surface area contributed by atoms with Crippen LogP contribution in [0.5, 0.6) is 0 Å². The number of likely N-dealkylation sites (tertiary alicyclic amines) is 1. The summed E-state index contributed by atoms with van der Waals surface area (Å²) in [6.45, 7) is 11.7. The molecule has 2 aromatic rings. The summed E-state index contributed by atoms with van der Waals surface area (Å²) in [4.78, 5) is 23.5. The summed E-state index contributed by atoms with van der Waals surface area (Å²) >= 11 is 0. The predicted octanol–water partition coefficient (Wildman–Crippen LogP) is 3.61. The lowest BCUT2D eigenvalue weighted by Crippen LogP contribution is -2.44. The smallest absolute Gasteiger partial charge is 0.407 e. The lowest BCUT2D eigenvalue weighted by Gasteiger charge is -2.23. The van der Waals surface area contributed by atoms with E-state index in [1.54, 1.807) is 0 Å². The maximum absolute atomic E-state index is 12.0. The maximum Gasteiger partial charge on any atom is 0.407 e. The number of ether oxygens (including phenoxy) is 1. The third kappa shape index (κ3) is 7.55. The minimum Gasteiger partial charge on any atom is -0.444 e. The van der Waals surface area contributed by atoms with Crippen molar-refractivity contribution in [2.75, 3.05) is 26.2 Å². The van der Waals surface area contributed by atoms with Crippen molar-refractivity contribution in [2.24, 2.45) is 4.99 Å². The van der Waals surface area contributed by atoms with Gasteiger partial charge < -0.3 is 24.8 Å². The number of amides is 1. The third-order valence-corrected chi connectivity index (χ3v) is 4.89. The molecule has 0 aliphatic carbocycles. The van der Waals surface area contributed by atoms with Crippen LogP contribution in [0.4, 0.5) is 4.79 Å². The van der Waals surface area contributed by atoms with Crippen LogP contribution in [0.25, 0.3) is 11.0 Å². The molecule has 31 heavy (non-hydrogen) atoms. The zero-order valence-electron chi connectivity index (χ0n) is 18.9. The van der Waals surface area contributed by atoms with Crippen LogP contribution in [0.1, 0.15) is 40.5 Å². The van der Waals surface area contributed by atoms with Crippen molar-refractivity contribution in [1.82, 2.24) is 25.1 Å². The van der Waals surface area contributed by atoms with E-state index in [4.69, 9.17) is 9.73 Å². The molecule has 1 aromatic carbocycles. The van der Waals surface area contributed by atoms with Gasteiger partial charge >= 0.3 is 6.09 Å². The Kier molecular flexibility index (Phi) is 9.39. The monoisotopic (exact) mass is 542 g/mol. The number of para-hydroxylation sites is 2. The molecule has 1 unspecified atom stereocenters. The Hall–Kier alpha value is -2.04. The molecule has 1 aliphatic heterocycles. The number of hydrogen-bond acceptors (Lipinski definition) is 4. The van der Waals surface area contributed by atoms with Crippen molar-refractivity contribution in [3.05, 3.63) is 30.6 Å². The molecule has 2 heterocycles. The minimum absolute atomic E-state index is 0. The number of fused-ring (bicyclic) bond motifs is 1. The molecule has 1 fully saturated rings. The number of guanidine groups is 1. The predicted molar refractivity (Wildman–Crippen MR) is 135 cm³/mol. The van der Waals surface area contributed by atoms with E-state index in [0.717, 1.165) is 62.6 Å². The fourth-order valence-electron chi connectivity index (χ4n) is 3.58. The quantitative estimate of drug-likeness (QED) is 0.252. The highest BCUT2D eigenvalue weighted by Crippen LogP contribution is 2.13. The Labute approximate surface area is 201 Å². The molecule has 1 atom stereocenters. The largest absolute Gasteiger partial charge is 0.444 e. The molecule has 0 saturated carbocycles. The van der Waals surface area contributed by atoms with Crippen LogP contribution in [0.3, 0.4) is 0 Å². The molecule has 8 nitrogen and oxygen atoms in total. The first-order chi connectivity index (χ1) is 14.4. The number of aryl methyl sites for hydroxylation is 1. The summed E-state index contributed by atoms with van der Waals surface area (Å²) < 4.78 is 7.54. The maximum atomic E-state index is 12.0. The van der Waals surface area contributed by atoms with Crippen LogP contribution < -0.4 is 10.6 Å². The highest BCUT2D eigenvalue weighted by atomic mass is 127. The van der Waals surface area contributed by atoms with Gasteiger partial charge in [-0.15, -0.1) is 24.0 Å². The molecular weight excluding hydrogens is 507 g/mol. The second-order valence-electron chi connectivity index (χ2n) is 8.59. The Balaban J connectivity index is 0.00000341. The van der Waals surface area contributed by atoms with E-state index in [2.05, 4.69) is 38.1 Å². The molecule has 1 saturated heterocycles. The zero-order valence-corrected chi connectivity index (χ0v) is 21.3. The average molecular weight is 542 g/mol. The van der Waals surface area contributed by atoms with E-state index in [1.807, 2.05) is 45.3 Å². The SMILES string of the molecule is CCNC(=NCCCn1cnc2ccccc21)N1CCC(NC(=O)OC(C)(C)C)C1.I. The van der Waals surface area contributed by atoms with Crippen LogP contribution >= 0.6 is 24.0 Å². The molecule has 0 radical (unpaired) electrons. The van der Waals surface area contributed by atoms with E-state index in [0.29, 0.717) is 0 Å². The number of hydrogen-bond donors (Lipinski definition) is 2. The Morgan fingerprint density at radius 3 is 2.84 bits per heavy atom. The second-order valence-corrected chi connectivity index (χ2v) is 8.59. The number of nitrogens with one attached hydrogen (secondary N) is 2. The van der Waals surface area contributed by atoms with Crippen LogP contribution in [-0.4, -0.2) is 64.3 Å². The second kappa shape index (κ2) is 11.5. The molecule has 3 rings (SSSR count). The lowest BCUT2D eigenvalue weighted by atomic mass is 10.2. The fraction of sp³-hybridized carbons (Fsp3) is 0.591. The van der Waals surface area contributed by atoms with Crippen LogP contribution in [0, 0.1) is 0 Å². The Morgan fingerprint density at radius 1 is 1.32 bits per heavy atom. The van der Waals surface area contributed by atoms with Gasteiger partial charge in [0.1, 0.15) is 5.60 Å². The van der Waals surface area contributed by atoms with Gasteiger partial charge in [-0.05, 0) is 52.7 Å². The number of alkyl carbamates (subject to hydrolysis) is 1. The molecule has 9 heteroatoms. The number of halogens is 1. The molecular formula is C22H35IN6O2. The van der Waals surface area contributed by atoms with Crippen LogP contribution in [0.2, 0.25) is 0 Å². The number of imidazole rings is 1. The highest BCUT2D eigenvalue weighted by molar-refractivity contribution is 14.0. The van der Waals surface area contributed by atoms with Crippen molar-refractivity contribution in [3.8, 4) is 0 Å². The van der Waals surface area contributed by atoms with Crippen LogP contribution in [-0.2, 0) is 11.3 Å². The number of carbonyl (C=O) groups excluding carboxylic acids is 1. The summed E-state index contributed by atoms with van der Waals surface area (Å²) in [5.74, 6) is 0.904. The Bertz CT molecular complexity index is 876. The first-order valence-corrected chi connectivity index (χ1v) is 10.8. The molecule has 2 N–H and O–H groups in total. The van der Waals surface area contributed by atoms with E-state index in [1.165, 1.54) is 0 Å². The van der Waals surface area contributed by atoms with Crippen molar-refractivity contribution in [3.63, 3.8) is 0 Å². The van der Waals surface area contributed by atoms with Crippen molar-refractivity contribution >= 4 is 47.1 Å². The van der Waals surface area contributed by atoms with Gasteiger partial charge in [-0.25, -0.2) is 9.78 Å². The van der Waals surface area contributed by atoms with Gasteiger partial charge in [0.15, 0.2) is 5.96 Å². The van der Waals surface area contributed by atoms with Crippen molar-refractivity contribution in [1.29, 1.82) is 0 Å². The summed E-state index contributed by atoms with van der Waals surface area (Å²) in [5.41, 5.74) is 1.69. The van der Waals surface area contributed by atoms with Gasteiger partial charge in [0.2, 0.25) is 0 Å². The number of carbonyl (C=O) groups is 1.